The molecule has 0 saturated carbocycles. The van der Waals surface area contributed by atoms with Gasteiger partial charge in [0.05, 0.1) is 33.1 Å². The van der Waals surface area contributed by atoms with Gasteiger partial charge < -0.3 is 27.0 Å². The lowest BCUT2D eigenvalue weighted by atomic mass is 9.84. The van der Waals surface area contributed by atoms with Crippen LogP contribution in [0.2, 0.25) is 0 Å². The Morgan fingerprint density at radius 2 is 0.518 bits per heavy atom. The molecule has 0 atom stereocenters. The first-order valence-electron chi connectivity index (χ1n) is 48.7. The molecule has 6 heterocycles. The average Bonchev–Trinajstić information content (AvgIpc) is 1.59. The number of rotatable bonds is 3. The number of para-hydroxylation sites is 10. The third-order valence-electron chi connectivity index (χ3n) is 27.0. The molecule has 6 nitrogen and oxygen atoms in total. The van der Waals surface area contributed by atoms with Gasteiger partial charge in [-0.1, -0.05) is 418 Å². The summed E-state index contributed by atoms with van der Waals surface area (Å²) in [6, 6.07) is 138. The van der Waals surface area contributed by atoms with Crippen LogP contribution < -0.4 is 0 Å². The molecule has 6 heteroatoms. The van der Waals surface area contributed by atoms with Crippen LogP contribution in [0.4, 0.5) is 0 Å². The zero-order valence-electron chi connectivity index (χ0n) is 83.7. The van der Waals surface area contributed by atoms with Gasteiger partial charge in [-0.05, 0) is 215 Å². The van der Waals surface area contributed by atoms with Gasteiger partial charge in [0, 0.05) is 87.3 Å². The fourth-order valence-corrected chi connectivity index (χ4v) is 19.6. The Kier molecular flexibility index (Phi) is 25.1. The second kappa shape index (κ2) is 37.0. The Balaban J connectivity index is 0.000000107. The maximum absolute atomic E-state index is 6.01. The molecule has 0 amide bonds. The third-order valence-corrected chi connectivity index (χ3v) is 27.0. The van der Waals surface area contributed by atoms with Crippen molar-refractivity contribution in [2.45, 2.75) is 190 Å². The molecule has 0 aliphatic heterocycles. The van der Waals surface area contributed by atoms with Crippen molar-refractivity contribution in [3.05, 3.63) is 438 Å². The lowest BCUT2D eigenvalue weighted by Gasteiger charge is -2.20. The van der Waals surface area contributed by atoms with Gasteiger partial charge in [-0.3, -0.25) is 0 Å². The first kappa shape index (κ1) is 93.0. The van der Waals surface area contributed by atoms with Gasteiger partial charge in [-0.2, -0.15) is 0 Å². The van der Waals surface area contributed by atoms with E-state index in [-0.39, 0.29) is 37.9 Å². The van der Waals surface area contributed by atoms with E-state index in [0.29, 0.717) is 0 Å². The zero-order chi connectivity index (χ0) is 96.3. The Bertz CT molecular complexity index is 8250. The molecular formula is C131H129N3O3. The summed E-state index contributed by atoms with van der Waals surface area (Å²) in [5.74, 6) is 0. The van der Waals surface area contributed by atoms with Crippen molar-refractivity contribution in [2.75, 3.05) is 0 Å². The van der Waals surface area contributed by atoms with E-state index in [1.165, 1.54) is 176 Å². The molecule has 0 fully saturated rings. The van der Waals surface area contributed by atoms with Crippen LogP contribution >= 0.6 is 0 Å². The highest BCUT2D eigenvalue weighted by Crippen LogP contribution is 2.45. The lowest BCUT2D eigenvalue weighted by Crippen LogP contribution is -2.11. The predicted octanol–water partition coefficient (Wildman–Crippen LogP) is 37.4. The van der Waals surface area contributed by atoms with Crippen LogP contribution in [0.3, 0.4) is 0 Å². The van der Waals surface area contributed by atoms with Crippen LogP contribution in [0.15, 0.2) is 401 Å². The Hall–Kier alpha value is -14.5. The summed E-state index contributed by atoms with van der Waals surface area (Å²) in [5.41, 5.74) is 33.6. The van der Waals surface area contributed by atoms with Gasteiger partial charge in [0.15, 0.2) is 0 Å². The Morgan fingerprint density at radius 1 is 0.182 bits per heavy atom. The van der Waals surface area contributed by atoms with Crippen molar-refractivity contribution in [1.29, 1.82) is 0 Å². The number of fused-ring (bicyclic) bond motifs is 21. The Labute approximate surface area is 808 Å². The minimum absolute atomic E-state index is 0.105. The van der Waals surface area contributed by atoms with E-state index in [2.05, 4.69) is 505 Å². The van der Waals surface area contributed by atoms with Gasteiger partial charge in [0.25, 0.3) is 0 Å². The molecule has 0 N–H and O–H groups in total. The van der Waals surface area contributed by atoms with Gasteiger partial charge in [0.2, 0.25) is 0 Å². The highest BCUT2D eigenvalue weighted by molar-refractivity contribution is 6.14. The minimum atomic E-state index is 0.105. The fourth-order valence-electron chi connectivity index (χ4n) is 19.6. The van der Waals surface area contributed by atoms with Crippen molar-refractivity contribution < 1.29 is 13.3 Å². The summed E-state index contributed by atoms with van der Waals surface area (Å²) in [6.07, 6.45) is 1.09. The first-order chi connectivity index (χ1) is 65.4. The summed E-state index contributed by atoms with van der Waals surface area (Å²) >= 11 is 0. The minimum Gasteiger partial charge on any atom is -0.456 e. The summed E-state index contributed by atoms with van der Waals surface area (Å²) in [4.78, 5) is 0. The third kappa shape index (κ3) is 19.0. The molecule has 24 rings (SSSR count). The van der Waals surface area contributed by atoms with Gasteiger partial charge >= 0.3 is 0 Å². The van der Waals surface area contributed by atoms with E-state index in [1.54, 1.807) is 0 Å². The highest BCUT2D eigenvalue weighted by Gasteiger charge is 2.28. The molecule has 1 aliphatic rings. The molecule has 0 bridgehead atoms. The van der Waals surface area contributed by atoms with E-state index in [0.717, 1.165) is 39.9 Å². The van der Waals surface area contributed by atoms with Crippen molar-refractivity contribution in [3.63, 3.8) is 0 Å². The first-order valence-corrected chi connectivity index (χ1v) is 48.7. The summed E-state index contributed by atoms with van der Waals surface area (Å²) in [7, 11) is 0. The number of hydrogen-bond acceptors (Lipinski definition) is 3. The number of furan rings is 3. The van der Waals surface area contributed by atoms with E-state index < -0.39 is 0 Å². The summed E-state index contributed by atoms with van der Waals surface area (Å²) < 4.78 is 24.8. The molecule has 686 valence electrons. The van der Waals surface area contributed by atoms with Crippen LogP contribution in [-0.2, 0) is 44.3 Å². The van der Waals surface area contributed by atoms with Crippen LogP contribution in [-0.4, -0.2) is 13.7 Å². The van der Waals surface area contributed by atoms with E-state index >= 15 is 0 Å². The number of benzene rings is 17. The number of hydrogen-bond donors (Lipinski definition) is 0. The molecule has 0 spiro atoms. The maximum Gasteiger partial charge on any atom is 0.139 e. The van der Waals surface area contributed by atoms with Crippen molar-refractivity contribution in [2.24, 2.45) is 0 Å². The SMILES string of the molecule is CC(C)(C)c1ccc2c(c1)Cc1ccccc1-2.CC(C)(C)c1ccc2c(c1)c1ccccc1n2-c1ccccc1.CC(C)(C)c1ccc2c3ccccc3n(-c3ccccc3)c2c1.CC(C)(C)c1ccc2oc3ccccc3c2c1.CC(C)(C)c1cccc2c1c1ccccc1n2-c1ccccc1.CC(C)(C)c1cccc2c1oc1ccccc12.CC(C)(C)c1cccc2oc3ccccc3c12. The van der Waals surface area contributed by atoms with Crippen LogP contribution in [0.25, 0.3) is 159 Å². The van der Waals surface area contributed by atoms with E-state index in [4.69, 9.17) is 13.3 Å². The van der Waals surface area contributed by atoms with Gasteiger partial charge in [0.1, 0.15) is 33.5 Å². The second-order valence-corrected chi connectivity index (χ2v) is 44.1. The van der Waals surface area contributed by atoms with Crippen molar-refractivity contribution in [1.82, 2.24) is 13.7 Å². The monoisotopic (exact) mass is 1790 g/mol. The number of nitrogens with zero attached hydrogens (tertiary/aromatic N) is 3. The second-order valence-electron chi connectivity index (χ2n) is 44.1. The largest absolute Gasteiger partial charge is 0.456 e. The van der Waals surface area contributed by atoms with Crippen molar-refractivity contribution in [3.8, 4) is 28.2 Å². The molecule has 137 heavy (non-hydrogen) atoms. The smallest absolute Gasteiger partial charge is 0.139 e. The maximum atomic E-state index is 6.01. The molecule has 0 saturated heterocycles. The highest BCUT2D eigenvalue weighted by atomic mass is 16.3. The zero-order valence-corrected chi connectivity index (χ0v) is 83.7. The molecule has 1 aliphatic carbocycles. The van der Waals surface area contributed by atoms with E-state index in [1.807, 2.05) is 42.5 Å². The molecule has 0 radical (unpaired) electrons. The predicted molar refractivity (Wildman–Crippen MR) is 589 cm³/mol. The van der Waals surface area contributed by atoms with Crippen LogP contribution in [0.5, 0.6) is 0 Å². The van der Waals surface area contributed by atoms with Crippen LogP contribution in [0, 0.1) is 0 Å². The molecular weight excluding hydrogens is 1660 g/mol. The molecule has 23 aromatic rings. The normalized spacial score (nSPS) is 12.4. The molecule has 17 aromatic carbocycles. The summed E-state index contributed by atoms with van der Waals surface area (Å²) in [5, 5.41) is 15.3. The quantitative estimate of drug-likeness (QED) is 0.177. The fraction of sp³-hybridized carbons (Fsp3) is 0.221. The Morgan fingerprint density at radius 3 is 1.08 bits per heavy atom. The van der Waals surface area contributed by atoms with E-state index in [9.17, 15) is 0 Å². The average molecular weight is 1790 g/mol. The van der Waals surface area contributed by atoms with Crippen molar-refractivity contribution >= 4 is 131 Å². The molecule has 0 unspecified atom stereocenters. The standard InChI is InChI=1S/3C22H21N.C17H18.3C16H16O/c1-22(2,3)18-13-9-15-20-21(18)17-12-7-8-14-19(17)23(20)16-10-5-4-6-11-16;1-22(2,3)16-13-14-21-19(15-16)18-11-7-8-12-20(18)23(21)17-9-5-4-6-10-17;1-22(2,3)16-13-14-19-18-11-7-8-12-20(18)23(21(19)15-16)17-9-5-4-6-10-17;1-17(2,3)14-8-9-16-13(11-14)10-12-6-4-5-7-15(12)16;1-16(2,3)13-9-6-8-12-11-7-4-5-10-14(11)17-15(12)13;1-16(2,3)12-8-6-10-14-15(12)11-7-4-5-9-13(11)17-14;1-16(2,3)11-8-9-15-13(10-11)12-6-4-5-7-14(12)17-15/h3*4-15H,1-3H3;4-9,11H,10H2,1-3H3;3*4-10H,1-3H3. The molecule has 6 aromatic heterocycles. The van der Waals surface area contributed by atoms with Gasteiger partial charge in [-0.15, -0.1) is 0 Å². The lowest BCUT2D eigenvalue weighted by molar-refractivity contribution is 0.573. The number of aromatic nitrogens is 3. The van der Waals surface area contributed by atoms with Crippen LogP contribution in [0.1, 0.15) is 195 Å². The summed E-state index contributed by atoms with van der Waals surface area (Å²) in [6.45, 7) is 47.4. The topological polar surface area (TPSA) is 54.2 Å². The van der Waals surface area contributed by atoms with Gasteiger partial charge in [-0.25, -0.2) is 0 Å².